The highest BCUT2D eigenvalue weighted by Gasteiger charge is 2.36. The minimum Gasteiger partial charge on any atom is -0.378 e. The summed E-state index contributed by atoms with van der Waals surface area (Å²) >= 11 is 24.2. The van der Waals surface area contributed by atoms with Gasteiger partial charge in [0.05, 0.1) is 29.2 Å². The molecule has 12 aromatic heterocycles. The number of carbonyl (C=O) groups excluding carboxylic acids is 6. The Morgan fingerprint density at radius 3 is 1.07 bits per heavy atom. The second-order valence-corrected chi connectivity index (χ2v) is 45.2. The molecule has 12 aromatic rings. The van der Waals surface area contributed by atoms with E-state index in [1.54, 1.807) is 42.7 Å². The average molecular weight is 1950 g/mol. The fraction of sp³-hybridized carbons (Fsp3) is 0.574. The number of anilines is 6. The first-order chi connectivity index (χ1) is 64.9. The summed E-state index contributed by atoms with van der Waals surface area (Å²) in [7, 11) is 0. The van der Waals surface area contributed by atoms with Crippen molar-refractivity contribution in [3.05, 3.63) is 111 Å². The molecule has 7 aliphatic carbocycles. The molecular weight excluding hydrogens is 1820 g/mol. The van der Waals surface area contributed by atoms with Gasteiger partial charge in [0.15, 0.2) is 28.2 Å². The summed E-state index contributed by atoms with van der Waals surface area (Å²) in [6.45, 7) is 40.3. The van der Waals surface area contributed by atoms with Gasteiger partial charge < -0.3 is 9.58 Å². The van der Waals surface area contributed by atoms with Gasteiger partial charge in [-0.15, -0.1) is 0 Å². The molecule has 12 heterocycles. The van der Waals surface area contributed by atoms with Crippen LogP contribution in [0, 0.1) is 40.6 Å². The number of rotatable bonds is 21. The smallest absolute Gasteiger partial charge is 0.271 e. The van der Waals surface area contributed by atoms with Crippen molar-refractivity contribution in [2.45, 2.75) is 339 Å². The molecule has 36 heteroatoms. The van der Waals surface area contributed by atoms with E-state index in [1.165, 1.54) is 57.8 Å². The lowest BCUT2D eigenvalue weighted by molar-refractivity contribution is -0.118. The predicted octanol–water partition coefficient (Wildman–Crippen LogP) is 25.0. The zero-order valence-corrected chi connectivity index (χ0v) is 85.1. The number of imidazole rings is 6. The number of hydrogen-bond acceptors (Lipinski definition) is 19. The van der Waals surface area contributed by atoms with E-state index in [1.807, 2.05) is 113 Å². The van der Waals surface area contributed by atoms with Crippen molar-refractivity contribution in [3.8, 4) is 0 Å². The molecule has 0 saturated heterocycles. The number of fused-ring (bicyclic) bond motifs is 6. The number of pyridine rings is 6. The summed E-state index contributed by atoms with van der Waals surface area (Å²) in [4.78, 5) is 131. The first-order valence-corrected chi connectivity index (χ1v) is 50.1. The third kappa shape index (κ3) is 27.0. The van der Waals surface area contributed by atoms with Gasteiger partial charge in [-0.1, -0.05) is 181 Å². The molecular formula is C101H133Cl4N25O7. The van der Waals surface area contributed by atoms with Crippen LogP contribution in [0.2, 0.25) is 20.4 Å². The van der Waals surface area contributed by atoms with Crippen LogP contribution in [0.25, 0.3) is 71.8 Å². The van der Waals surface area contributed by atoms with E-state index in [0.717, 1.165) is 146 Å². The molecule has 0 aromatic carbocycles. The fourth-order valence-electron chi connectivity index (χ4n) is 17.4. The molecule has 7 aliphatic rings. The lowest BCUT2D eigenvalue weighted by Crippen LogP contribution is -2.24. The van der Waals surface area contributed by atoms with Crippen molar-refractivity contribution in [1.29, 1.82) is 0 Å². The van der Waals surface area contributed by atoms with Crippen LogP contribution in [0.1, 0.15) is 332 Å². The molecule has 19 rings (SSSR count). The number of halogens is 4. The van der Waals surface area contributed by atoms with Crippen LogP contribution in [0.3, 0.4) is 0 Å². The van der Waals surface area contributed by atoms with Crippen LogP contribution in [-0.2, 0) is 33.5 Å². The predicted molar refractivity (Wildman–Crippen MR) is 543 cm³/mol. The van der Waals surface area contributed by atoms with Crippen molar-refractivity contribution < 1.29 is 33.5 Å². The quantitative estimate of drug-likeness (QED) is 0.0287. The number of nitrogens with zero attached hydrogens (tertiary/aromatic N) is 19. The van der Waals surface area contributed by atoms with E-state index in [4.69, 9.17) is 57.7 Å². The maximum absolute atomic E-state index is 12.4. The van der Waals surface area contributed by atoms with Gasteiger partial charge >= 0.3 is 0 Å². The second-order valence-electron chi connectivity index (χ2n) is 43.6. The molecule has 7 fully saturated rings. The minimum atomic E-state index is -0.0811. The van der Waals surface area contributed by atoms with Crippen molar-refractivity contribution in [2.24, 2.45) is 27.1 Å². The van der Waals surface area contributed by atoms with Gasteiger partial charge in [-0.2, -0.15) is 0 Å². The zero-order chi connectivity index (χ0) is 98.2. The summed E-state index contributed by atoms with van der Waals surface area (Å²) < 4.78 is 18.1. The minimum absolute atomic E-state index is 0.0124. The number of aromatic nitrogens is 18. The fourth-order valence-corrected chi connectivity index (χ4v) is 18.0. The summed E-state index contributed by atoms with van der Waals surface area (Å²) in [5.41, 5.74) is 10.0. The van der Waals surface area contributed by atoms with E-state index in [2.05, 4.69) is 152 Å². The Kier molecular flexibility index (Phi) is 32.5. The Hall–Kier alpha value is -10.9. The van der Waals surface area contributed by atoms with Crippen LogP contribution < -0.4 is 31.9 Å². The highest BCUT2D eigenvalue weighted by atomic mass is 35.5. The Balaban J connectivity index is 0.000000132. The Morgan fingerprint density at radius 1 is 0.365 bits per heavy atom. The standard InChI is InChI=1S/C19H25ClN4O2.C17H21N5O.C17H24N4O.C16H20Cl2N4O.C16H21ClN4O.C16H22N4O/c20-16-10-9-15-18(22-16)24(13-5-4-6-13)19(21-15)23-17(25)11-12-26-14-7-2-1-3-8-14;1-17(2,3)10-14(23)21-16-19-12-8-9-13(18-4)20-15(12)22(16)11-6-5-7-11;1-11-8-13-15(18-10-11)21(12-6-5-7-12)16(19-13)20-14(22)9-17(2,3)4;1-16(2,3)8-12(23)20-15-19-11-7-10(17)13(18)21-14(11)22(15)9-5-4-6-9;1-16(2,3)8-13(22)20-15-19-12-7-10(17)9-18-14(12)21(15)11-5-4-6-11;1-16(2,3)10-13(21)19-15-18-12-8-5-9-17-14(12)20(15)11-6-4-7-11/h9-10,13-14H,1-8,11-12H2,(H,21,23,25);8-9,11H,5-7,10H2,1-3H3,(H,19,21,23);8,10,12H,5-7,9H2,1-4H3,(H,19,20,22);7,9H,4-6,8H2,1-3H3,(H,19,20,23);7,9,11H,4-6,8H2,1-3H3,(H,19,20,22);5,8-9,11H,4,6-7,10H2,1-3H3,(H,18,19,21). The molecule has 7 saturated carbocycles. The van der Waals surface area contributed by atoms with E-state index in [9.17, 15) is 28.8 Å². The Labute approximate surface area is 821 Å². The Bertz CT molecular complexity index is 6270. The van der Waals surface area contributed by atoms with Gasteiger partial charge in [0, 0.05) is 86.9 Å². The number of carbonyl (C=O) groups is 6. The third-order valence-corrected chi connectivity index (χ3v) is 26.3. The van der Waals surface area contributed by atoms with E-state index >= 15 is 0 Å². The highest BCUT2D eigenvalue weighted by Crippen LogP contribution is 2.45. The largest absolute Gasteiger partial charge is 0.378 e. The normalized spacial score (nSPS) is 16.3. The monoisotopic (exact) mass is 1950 g/mol. The van der Waals surface area contributed by atoms with Crippen molar-refractivity contribution in [3.63, 3.8) is 0 Å². The second kappa shape index (κ2) is 43.7. The summed E-state index contributed by atoms with van der Waals surface area (Å²) in [6.07, 6.45) is 34.5. The molecule has 0 aliphatic heterocycles. The molecule has 6 amide bonds. The topological polar surface area (TPSA) is 372 Å². The number of ether oxygens (including phenoxy) is 1. The highest BCUT2D eigenvalue weighted by molar-refractivity contribution is 6.41. The Morgan fingerprint density at radius 2 is 0.693 bits per heavy atom. The average Bonchev–Trinajstić information content (AvgIpc) is 1.63. The molecule has 32 nitrogen and oxygen atoms in total. The van der Waals surface area contributed by atoms with Gasteiger partial charge in [-0.25, -0.2) is 54.8 Å². The molecule has 732 valence electrons. The lowest BCUT2D eigenvalue weighted by Gasteiger charge is -2.28. The molecule has 0 unspecified atom stereocenters. The number of amides is 6. The van der Waals surface area contributed by atoms with Gasteiger partial charge in [-0.05, 0) is 223 Å². The molecule has 0 atom stereocenters. The maximum Gasteiger partial charge on any atom is 0.271 e. The SMILES string of the molecule is CC(C)(C)CC(=O)Nc1nc2cc(Cl)c(Cl)nc2n1C1CCC1.CC(C)(C)CC(=O)Nc1nc2cc(Cl)cnc2n1C1CCC1.CC(C)(C)CC(=O)Nc1nc2cccnc2n1C1CCC1.Cc1cnc2c(c1)nc(NC(=O)CC(C)(C)C)n2C1CCC1.O=C(CCOC1CCCCC1)Nc1nc2ccc(Cl)nc2n1C1CCC1.[C-]#[N+]c1ccc2nc(NC(=O)CC(C)(C)C)n(C3CCC3)c2n1. The number of hydrogen-bond donors (Lipinski definition) is 6. The van der Waals surface area contributed by atoms with E-state index < -0.39 is 0 Å². The van der Waals surface area contributed by atoms with Crippen LogP contribution >= 0.6 is 46.4 Å². The van der Waals surface area contributed by atoms with E-state index in [-0.39, 0.29) is 67.7 Å². The van der Waals surface area contributed by atoms with Crippen molar-refractivity contribution >= 4 is 190 Å². The molecule has 0 bridgehead atoms. The number of nitrogens with one attached hydrogen (secondary N) is 6. The number of aryl methyl sites for hydroxylation is 1. The van der Waals surface area contributed by atoms with Gasteiger partial charge in [0.2, 0.25) is 71.1 Å². The van der Waals surface area contributed by atoms with Crippen LogP contribution in [-0.4, -0.2) is 135 Å². The van der Waals surface area contributed by atoms with Gasteiger partial charge in [-0.3, -0.25) is 88.1 Å². The first-order valence-electron chi connectivity index (χ1n) is 48.6. The zero-order valence-electron chi connectivity index (χ0n) is 82.0. The maximum atomic E-state index is 12.4. The molecule has 0 spiro atoms. The van der Waals surface area contributed by atoms with E-state index in [0.29, 0.717) is 161 Å². The summed E-state index contributed by atoms with van der Waals surface area (Å²) in [5.74, 6) is 3.73. The van der Waals surface area contributed by atoms with Crippen molar-refractivity contribution in [1.82, 2.24) is 87.2 Å². The van der Waals surface area contributed by atoms with Crippen LogP contribution in [0.5, 0.6) is 0 Å². The lowest BCUT2D eigenvalue weighted by atomic mass is 9.92. The molecule has 0 radical (unpaired) electrons. The third-order valence-electron chi connectivity index (χ3n) is 25.2. The molecule has 137 heavy (non-hydrogen) atoms. The van der Waals surface area contributed by atoms with Gasteiger partial charge in [0.1, 0.15) is 43.4 Å². The summed E-state index contributed by atoms with van der Waals surface area (Å²) in [5, 5.41) is 19.4. The van der Waals surface area contributed by atoms with Crippen molar-refractivity contribution in [2.75, 3.05) is 38.5 Å². The van der Waals surface area contributed by atoms with Crippen LogP contribution in [0.15, 0.2) is 73.2 Å². The van der Waals surface area contributed by atoms with Gasteiger partial charge in [0.25, 0.3) is 11.5 Å². The molecule has 6 N–H and O–H groups in total. The van der Waals surface area contributed by atoms with Crippen LogP contribution in [0.4, 0.5) is 41.5 Å². The summed E-state index contributed by atoms with van der Waals surface area (Å²) in [6, 6.07) is 18.5. The first kappa shape index (κ1) is 102.